The highest BCUT2D eigenvalue weighted by Gasteiger charge is 2.26. The maximum Gasteiger partial charge on any atom is 0.239 e. The molecule has 0 bridgehead atoms. The summed E-state index contributed by atoms with van der Waals surface area (Å²) in [6, 6.07) is 2.25. The molecule has 7 heteroatoms. The molecule has 25 heavy (non-hydrogen) atoms. The van der Waals surface area contributed by atoms with Crippen molar-refractivity contribution in [2.45, 2.75) is 38.6 Å². The van der Waals surface area contributed by atoms with E-state index in [2.05, 4.69) is 5.32 Å². The van der Waals surface area contributed by atoms with Crippen molar-refractivity contribution < 1.29 is 18.4 Å². The molecule has 136 valence electrons. The summed E-state index contributed by atoms with van der Waals surface area (Å²) in [6.45, 7) is 3.46. The second kappa shape index (κ2) is 7.37. The number of anilines is 1. The molecule has 1 saturated heterocycles. The van der Waals surface area contributed by atoms with Gasteiger partial charge in [0.1, 0.15) is 11.6 Å². The van der Waals surface area contributed by atoms with E-state index < -0.39 is 11.6 Å². The molecule has 1 aromatic rings. The minimum Gasteiger partial charge on any atom is -0.360 e. The van der Waals surface area contributed by atoms with Gasteiger partial charge in [-0.1, -0.05) is 0 Å². The molecule has 2 aliphatic rings. The van der Waals surface area contributed by atoms with Crippen molar-refractivity contribution in [1.29, 1.82) is 0 Å². The van der Waals surface area contributed by atoms with E-state index in [-0.39, 0.29) is 24.4 Å². The number of aryl methyl sites for hydroxylation is 1. The standard InChI is InChI=1S/C18H23F2N3O2/c1-12(24)22-7-4-15(5-8-22)21-17(25)11-23-6-2-3-13-9-14(19)10-16(20)18(13)23/h9-10,15H,2-8,11H2,1H3,(H,21,25). The third kappa shape index (κ3) is 4.08. The lowest BCUT2D eigenvalue weighted by Gasteiger charge is -2.34. The Morgan fingerprint density at radius 2 is 1.92 bits per heavy atom. The maximum atomic E-state index is 14.2. The maximum absolute atomic E-state index is 14.2. The summed E-state index contributed by atoms with van der Waals surface area (Å²) in [6.07, 6.45) is 2.83. The number of benzene rings is 1. The fraction of sp³-hybridized carbons (Fsp3) is 0.556. The number of halogens is 2. The summed E-state index contributed by atoms with van der Waals surface area (Å²) in [4.78, 5) is 27.1. The van der Waals surface area contributed by atoms with E-state index in [1.807, 2.05) is 0 Å². The van der Waals surface area contributed by atoms with Gasteiger partial charge in [0.25, 0.3) is 0 Å². The average Bonchev–Trinajstić information content (AvgIpc) is 2.54. The minimum absolute atomic E-state index is 0.0328. The molecule has 0 aromatic heterocycles. The number of likely N-dealkylation sites (tertiary alicyclic amines) is 1. The highest BCUT2D eigenvalue weighted by atomic mass is 19.1. The molecule has 0 aliphatic carbocycles. The van der Waals surface area contributed by atoms with Gasteiger partial charge in [-0.15, -0.1) is 0 Å². The van der Waals surface area contributed by atoms with Crippen LogP contribution in [0.4, 0.5) is 14.5 Å². The van der Waals surface area contributed by atoms with Crippen LogP contribution >= 0.6 is 0 Å². The fourth-order valence-corrected chi connectivity index (χ4v) is 3.68. The normalized spacial score (nSPS) is 18.0. The topological polar surface area (TPSA) is 52.7 Å². The Kier molecular flexibility index (Phi) is 5.20. The number of nitrogens with one attached hydrogen (secondary N) is 1. The molecule has 0 saturated carbocycles. The second-order valence-electron chi connectivity index (χ2n) is 6.77. The van der Waals surface area contributed by atoms with Gasteiger partial charge < -0.3 is 15.1 Å². The molecular weight excluding hydrogens is 328 g/mol. The number of rotatable bonds is 3. The van der Waals surface area contributed by atoms with E-state index in [1.165, 1.54) is 6.07 Å². The first-order chi connectivity index (χ1) is 11.9. The van der Waals surface area contributed by atoms with Gasteiger partial charge in [0.05, 0.1) is 12.2 Å². The summed E-state index contributed by atoms with van der Waals surface area (Å²) in [5.74, 6) is -1.31. The predicted octanol–water partition coefficient (Wildman–Crippen LogP) is 1.84. The smallest absolute Gasteiger partial charge is 0.239 e. The van der Waals surface area contributed by atoms with Gasteiger partial charge in [0.2, 0.25) is 11.8 Å². The molecule has 0 unspecified atom stereocenters. The predicted molar refractivity (Wildman–Crippen MR) is 90.3 cm³/mol. The van der Waals surface area contributed by atoms with Crippen LogP contribution in [0, 0.1) is 11.6 Å². The van der Waals surface area contributed by atoms with Crippen LogP contribution in [0.2, 0.25) is 0 Å². The Morgan fingerprint density at radius 1 is 1.20 bits per heavy atom. The highest BCUT2D eigenvalue weighted by molar-refractivity contribution is 5.82. The van der Waals surface area contributed by atoms with E-state index in [0.717, 1.165) is 25.3 Å². The van der Waals surface area contributed by atoms with Gasteiger partial charge in [-0.3, -0.25) is 9.59 Å². The number of amides is 2. The van der Waals surface area contributed by atoms with Crippen LogP contribution in [0.3, 0.4) is 0 Å². The Balaban J connectivity index is 1.59. The van der Waals surface area contributed by atoms with Gasteiger partial charge in [0, 0.05) is 38.7 Å². The van der Waals surface area contributed by atoms with Crippen LogP contribution in [-0.2, 0) is 16.0 Å². The van der Waals surface area contributed by atoms with Crippen LogP contribution in [0.1, 0.15) is 31.7 Å². The summed E-state index contributed by atoms with van der Waals surface area (Å²) in [5.41, 5.74) is 0.959. The van der Waals surface area contributed by atoms with Crippen molar-refractivity contribution in [2.24, 2.45) is 0 Å². The number of fused-ring (bicyclic) bond motifs is 1. The molecule has 0 radical (unpaired) electrons. The molecule has 0 atom stereocenters. The molecule has 0 spiro atoms. The Bertz CT molecular complexity index is 673. The molecule has 3 rings (SSSR count). The second-order valence-corrected chi connectivity index (χ2v) is 6.77. The first-order valence-electron chi connectivity index (χ1n) is 8.72. The van der Waals surface area contributed by atoms with Crippen molar-refractivity contribution in [3.63, 3.8) is 0 Å². The van der Waals surface area contributed by atoms with Crippen LogP contribution in [-0.4, -0.2) is 48.9 Å². The average molecular weight is 351 g/mol. The van der Waals surface area contributed by atoms with E-state index in [9.17, 15) is 18.4 Å². The quantitative estimate of drug-likeness (QED) is 0.904. The molecule has 1 N–H and O–H groups in total. The van der Waals surface area contributed by atoms with E-state index in [4.69, 9.17) is 0 Å². The molecule has 2 aliphatic heterocycles. The van der Waals surface area contributed by atoms with Crippen molar-refractivity contribution in [1.82, 2.24) is 10.2 Å². The van der Waals surface area contributed by atoms with E-state index >= 15 is 0 Å². The zero-order valence-electron chi connectivity index (χ0n) is 14.4. The third-order valence-corrected chi connectivity index (χ3v) is 4.94. The van der Waals surface area contributed by atoms with Gasteiger partial charge >= 0.3 is 0 Å². The van der Waals surface area contributed by atoms with Gasteiger partial charge in [-0.2, -0.15) is 0 Å². The van der Waals surface area contributed by atoms with Crippen LogP contribution < -0.4 is 10.2 Å². The Labute approximate surface area is 146 Å². The first kappa shape index (κ1) is 17.6. The fourth-order valence-electron chi connectivity index (χ4n) is 3.68. The number of hydrogen-bond donors (Lipinski definition) is 1. The molecule has 1 aromatic carbocycles. The SMILES string of the molecule is CC(=O)N1CCC(NC(=O)CN2CCCc3cc(F)cc(F)c32)CC1. The molecule has 5 nitrogen and oxygen atoms in total. The highest BCUT2D eigenvalue weighted by Crippen LogP contribution is 2.30. The molecular formula is C18H23F2N3O2. The molecule has 2 amide bonds. The van der Waals surface area contributed by atoms with E-state index in [1.54, 1.807) is 16.7 Å². The van der Waals surface area contributed by atoms with Crippen molar-refractivity contribution in [3.05, 3.63) is 29.3 Å². The van der Waals surface area contributed by atoms with Crippen LogP contribution in [0.15, 0.2) is 12.1 Å². The Hall–Kier alpha value is -2.18. The number of carbonyl (C=O) groups is 2. The van der Waals surface area contributed by atoms with Gasteiger partial charge in [-0.25, -0.2) is 8.78 Å². The zero-order valence-corrected chi connectivity index (χ0v) is 14.4. The van der Waals surface area contributed by atoms with Crippen molar-refractivity contribution in [3.8, 4) is 0 Å². The third-order valence-electron chi connectivity index (χ3n) is 4.94. The number of carbonyl (C=O) groups excluding carboxylic acids is 2. The lowest BCUT2D eigenvalue weighted by Crippen LogP contribution is -2.49. The Morgan fingerprint density at radius 3 is 2.60 bits per heavy atom. The van der Waals surface area contributed by atoms with Gasteiger partial charge in [0.15, 0.2) is 0 Å². The van der Waals surface area contributed by atoms with E-state index in [0.29, 0.717) is 37.3 Å². The van der Waals surface area contributed by atoms with Crippen LogP contribution in [0.5, 0.6) is 0 Å². The first-order valence-corrected chi connectivity index (χ1v) is 8.72. The lowest BCUT2D eigenvalue weighted by molar-refractivity contribution is -0.130. The summed E-state index contributed by atoms with van der Waals surface area (Å²) >= 11 is 0. The largest absolute Gasteiger partial charge is 0.360 e. The zero-order chi connectivity index (χ0) is 18.0. The number of piperidine rings is 1. The monoisotopic (exact) mass is 351 g/mol. The summed E-state index contributed by atoms with van der Waals surface area (Å²) in [7, 11) is 0. The summed E-state index contributed by atoms with van der Waals surface area (Å²) in [5, 5.41) is 2.97. The molecule has 1 fully saturated rings. The van der Waals surface area contributed by atoms with Crippen molar-refractivity contribution in [2.75, 3.05) is 31.1 Å². The summed E-state index contributed by atoms with van der Waals surface area (Å²) < 4.78 is 27.5. The molecule has 2 heterocycles. The number of hydrogen-bond acceptors (Lipinski definition) is 3. The van der Waals surface area contributed by atoms with Crippen molar-refractivity contribution >= 4 is 17.5 Å². The lowest BCUT2D eigenvalue weighted by atomic mass is 10.0. The van der Waals surface area contributed by atoms with Crippen LogP contribution in [0.25, 0.3) is 0 Å². The van der Waals surface area contributed by atoms with Gasteiger partial charge in [-0.05, 0) is 37.3 Å². The number of nitrogens with zero attached hydrogens (tertiary/aromatic N) is 2. The minimum atomic E-state index is -0.614.